The summed E-state index contributed by atoms with van der Waals surface area (Å²) in [4.78, 5) is 11.0. The van der Waals surface area contributed by atoms with Gasteiger partial charge in [-0.15, -0.1) is 6.58 Å². The summed E-state index contributed by atoms with van der Waals surface area (Å²) < 4.78 is 0. The summed E-state index contributed by atoms with van der Waals surface area (Å²) in [7, 11) is 3.95. The molecule has 1 aromatic heterocycles. The van der Waals surface area contributed by atoms with Crippen LogP contribution in [0.25, 0.3) is 10.9 Å². The van der Waals surface area contributed by atoms with Crippen LogP contribution in [0.3, 0.4) is 0 Å². The number of rotatable bonds is 5. The third-order valence-electron chi connectivity index (χ3n) is 3.09. The van der Waals surface area contributed by atoms with Crippen molar-refractivity contribution in [3.8, 4) is 0 Å². The molecule has 110 valence electrons. The lowest BCUT2D eigenvalue weighted by molar-refractivity contribution is 0.970. The number of aliphatic imine (C=N–C) groups is 1. The lowest BCUT2D eigenvalue weighted by atomic mass is 10.1. The summed E-state index contributed by atoms with van der Waals surface area (Å²) in [5.74, 6) is 1.33. The largest absolute Gasteiger partial charge is 0.370 e. The van der Waals surface area contributed by atoms with E-state index in [0.717, 1.165) is 22.3 Å². The minimum absolute atomic E-state index is 0.419. The van der Waals surface area contributed by atoms with Gasteiger partial charge in [-0.2, -0.15) is 0 Å². The molecule has 5 nitrogen and oxygen atoms in total. The van der Waals surface area contributed by atoms with E-state index in [1.807, 2.05) is 43.3 Å². The number of hydrogen-bond donors (Lipinski definition) is 2. The number of nitrogens with one attached hydrogen (secondary N) is 1. The number of benzene rings is 1. The zero-order valence-corrected chi connectivity index (χ0v) is 12.5. The summed E-state index contributed by atoms with van der Waals surface area (Å²) in [6, 6.07) is 10.1. The molecule has 0 aliphatic carbocycles. The number of fused-ring (bicyclic) bond motifs is 1. The summed E-state index contributed by atoms with van der Waals surface area (Å²) in [5.41, 5.74) is 7.88. The van der Waals surface area contributed by atoms with Crippen molar-refractivity contribution >= 4 is 22.7 Å². The second kappa shape index (κ2) is 6.74. The van der Waals surface area contributed by atoms with Gasteiger partial charge in [-0.25, -0.2) is 9.98 Å². The smallest absolute Gasteiger partial charge is 0.189 e. The predicted molar refractivity (Wildman–Crippen MR) is 89.6 cm³/mol. The van der Waals surface area contributed by atoms with E-state index < -0.39 is 0 Å². The molecule has 0 atom stereocenters. The quantitative estimate of drug-likeness (QED) is 0.499. The van der Waals surface area contributed by atoms with Gasteiger partial charge in [0.25, 0.3) is 0 Å². The van der Waals surface area contributed by atoms with Gasteiger partial charge in [0.1, 0.15) is 5.82 Å². The molecule has 21 heavy (non-hydrogen) atoms. The number of pyridine rings is 1. The van der Waals surface area contributed by atoms with E-state index in [-0.39, 0.29) is 0 Å². The molecular formula is C16H21N5. The van der Waals surface area contributed by atoms with Gasteiger partial charge in [0.2, 0.25) is 0 Å². The normalized spacial score (nSPS) is 11.4. The van der Waals surface area contributed by atoms with Gasteiger partial charge in [0, 0.05) is 26.0 Å². The lowest BCUT2D eigenvalue weighted by Gasteiger charge is -2.14. The average Bonchev–Trinajstić information content (AvgIpc) is 2.50. The SMILES string of the molecule is C=CCNC(N)=NCc1cc(N(C)C)nc2ccccc12. The Morgan fingerprint density at radius 1 is 1.43 bits per heavy atom. The predicted octanol–water partition coefficient (Wildman–Crippen LogP) is 1.89. The number of guanidine groups is 1. The van der Waals surface area contributed by atoms with Crippen LogP contribution in [0.2, 0.25) is 0 Å². The molecule has 1 heterocycles. The van der Waals surface area contributed by atoms with E-state index in [4.69, 9.17) is 5.73 Å². The minimum atomic E-state index is 0.419. The van der Waals surface area contributed by atoms with Crippen molar-refractivity contribution in [2.75, 3.05) is 25.5 Å². The van der Waals surface area contributed by atoms with Crippen LogP contribution in [-0.4, -0.2) is 31.6 Å². The minimum Gasteiger partial charge on any atom is -0.370 e. The lowest BCUT2D eigenvalue weighted by Crippen LogP contribution is -2.31. The average molecular weight is 283 g/mol. The number of nitrogens with zero attached hydrogens (tertiary/aromatic N) is 3. The molecular weight excluding hydrogens is 262 g/mol. The Morgan fingerprint density at radius 2 is 2.19 bits per heavy atom. The summed E-state index contributed by atoms with van der Waals surface area (Å²) >= 11 is 0. The fourth-order valence-corrected chi connectivity index (χ4v) is 1.99. The highest BCUT2D eigenvalue weighted by molar-refractivity contribution is 5.84. The molecule has 0 radical (unpaired) electrons. The summed E-state index contributed by atoms with van der Waals surface area (Å²) in [6.07, 6.45) is 1.74. The summed E-state index contributed by atoms with van der Waals surface area (Å²) in [5, 5.41) is 4.07. The first-order valence-electron chi connectivity index (χ1n) is 6.82. The van der Waals surface area contributed by atoms with E-state index in [2.05, 4.69) is 27.9 Å². The summed E-state index contributed by atoms with van der Waals surface area (Å²) in [6.45, 7) is 4.76. The van der Waals surface area contributed by atoms with Gasteiger partial charge in [-0.05, 0) is 17.7 Å². The Kier molecular flexibility index (Phi) is 4.77. The molecule has 0 fully saturated rings. The van der Waals surface area contributed by atoms with Crippen LogP contribution < -0.4 is 16.0 Å². The number of hydrogen-bond acceptors (Lipinski definition) is 3. The number of anilines is 1. The van der Waals surface area contributed by atoms with Crippen LogP contribution in [0.1, 0.15) is 5.56 Å². The van der Waals surface area contributed by atoms with Gasteiger partial charge in [0.15, 0.2) is 5.96 Å². The molecule has 2 rings (SSSR count). The maximum atomic E-state index is 5.81. The first-order chi connectivity index (χ1) is 10.1. The van der Waals surface area contributed by atoms with Crippen molar-refractivity contribution < 1.29 is 0 Å². The standard InChI is InChI=1S/C16H21N5/c1-4-9-18-16(17)19-11-12-10-15(21(2)3)20-14-8-6-5-7-13(12)14/h4-8,10H,1,9,11H2,2-3H3,(H3,17,18,19). The molecule has 1 aromatic carbocycles. The van der Waals surface area contributed by atoms with Crippen molar-refractivity contribution in [3.63, 3.8) is 0 Å². The Balaban J connectivity index is 2.35. The van der Waals surface area contributed by atoms with E-state index >= 15 is 0 Å². The molecule has 0 saturated heterocycles. The second-order valence-corrected chi connectivity index (χ2v) is 4.92. The Morgan fingerprint density at radius 3 is 2.90 bits per heavy atom. The number of para-hydroxylation sites is 1. The van der Waals surface area contributed by atoms with Gasteiger partial charge >= 0.3 is 0 Å². The number of aromatic nitrogens is 1. The van der Waals surface area contributed by atoms with Gasteiger partial charge in [0.05, 0.1) is 12.1 Å². The van der Waals surface area contributed by atoms with Crippen LogP contribution in [0.5, 0.6) is 0 Å². The van der Waals surface area contributed by atoms with Crippen molar-refractivity contribution in [3.05, 3.63) is 48.6 Å². The molecule has 0 aliphatic rings. The van der Waals surface area contributed by atoms with Gasteiger partial charge in [-0.1, -0.05) is 24.3 Å². The highest BCUT2D eigenvalue weighted by Gasteiger charge is 2.06. The maximum Gasteiger partial charge on any atom is 0.189 e. The van der Waals surface area contributed by atoms with E-state index in [1.165, 1.54) is 0 Å². The maximum absolute atomic E-state index is 5.81. The molecule has 5 heteroatoms. The van der Waals surface area contributed by atoms with Crippen molar-refractivity contribution in [2.24, 2.45) is 10.7 Å². The monoisotopic (exact) mass is 283 g/mol. The molecule has 0 unspecified atom stereocenters. The van der Waals surface area contributed by atoms with Crippen molar-refractivity contribution in [1.29, 1.82) is 0 Å². The fourth-order valence-electron chi connectivity index (χ4n) is 1.99. The van der Waals surface area contributed by atoms with E-state index in [9.17, 15) is 0 Å². The van der Waals surface area contributed by atoms with Crippen molar-refractivity contribution in [2.45, 2.75) is 6.54 Å². The highest BCUT2D eigenvalue weighted by Crippen LogP contribution is 2.22. The Labute approximate surface area is 125 Å². The molecule has 0 amide bonds. The Hall–Kier alpha value is -2.56. The number of nitrogens with two attached hydrogens (primary N) is 1. The van der Waals surface area contributed by atoms with Crippen molar-refractivity contribution in [1.82, 2.24) is 10.3 Å². The first kappa shape index (κ1) is 14.8. The third-order valence-corrected chi connectivity index (χ3v) is 3.09. The Bertz CT molecular complexity index is 661. The molecule has 2 aromatic rings. The zero-order valence-electron chi connectivity index (χ0n) is 12.5. The first-order valence-corrected chi connectivity index (χ1v) is 6.82. The van der Waals surface area contributed by atoms with Gasteiger partial charge in [-0.3, -0.25) is 0 Å². The van der Waals surface area contributed by atoms with E-state index in [0.29, 0.717) is 19.0 Å². The molecule has 0 aliphatic heterocycles. The molecule has 0 saturated carbocycles. The zero-order chi connectivity index (χ0) is 15.2. The van der Waals surface area contributed by atoms with Crippen LogP contribution in [0, 0.1) is 0 Å². The van der Waals surface area contributed by atoms with Crippen LogP contribution >= 0.6 is 0 Å². The van der Waals surface area contributed by atoms with Crippen LogP contribution in [0.15, 0.2) is 48.0 Å². The fraction of sp³-hybridized carbons (Fsp3) is 0.250. The molecule has 0 spiro atoms. The third kappa shape index (κ3) is 3.72. The topological polar surface area (TPSA) is 66.5 Å². The molecule has 3 N–H and O–H groups in total. The second-order valence-electron chi connectivity index (χ2n) is 4.92. The van der Waals surface area contributed by atoms with Gasteiger partial charge < -0.3 is 16.0 Å². The van der Waals surface area contributed by atoms with Crippen LogP contribution in [-0.2, 0) is 6.54 Å². The van der Waals surface area contributed by atoms with Crippen LogP contribution in [0.4, 0.5) is 5.82 Å². The highest BCUT2D eigenvalue weighted by atomic mass is 15.1. The molecule has 0 bridgehead atoms. The van der Waals surface area contributed by atoms with E-state index in [1.54, 1.807) is 6.08 Å².